The van der Waals surface area contributed by atoms with Gasteiger partial charge in [0.25, 0.3) is 0 Å². The van der Waals surface area contributed by atoms with E-state index in [4.69, 9.17) is 9.97 Å². The van der Waals surface area contributed by atoms with Gasteiger partial charge in [0, 0.05) is 57.2 Å². The highest BCUT2D eigenvalue weighted by Crippen LogP contribution is 2.33. The highest BCUT2D eigenvalue weighted by molar-refractivity contribution is 5.52. The standard InChI is InChI=1S/C21H31N5/c1-2-11-26(10-1)21-18-7-12-25(17-4-3-9-22-15-17)13-8-19(18)23-20(24-21)14-16-5-6-16/h1-2,16-17,22H,3-15H2. The third-order valence-electron chi connectivity index (χ3n) is 6.48. The first kappa shape index (κ1) is 16.7. The predicted octanol–water partition coefficient (Wildman–Crippen LogP) is 1.96. The molecule has 1 N–H and O–H groups in total. The Balaban J connectivity index is 1.40. The molecule has 1 saturated heterocycles. The molecule has 1 unspecified atom stereocenters. The van der Waals surface area contributed by atoms with Gasteiger partial charge in [0.2, 0.25) is 0 Å². The second-order valence-corrected chi connectivity index (χ2v) is 8.45. The van der Waals surface area contributed by atoms with Crippen molar-refractivity contribution in [3.05, 3.63) is 29.2 Å². The molecule has 140 valence electrons. The summed E-state index contributed by atoms with van der Waals surface area (Å²) in [6.45, 7) is 6.64. The Morgan fingerprint density at radius 2 is 1.88 bits per heavy atom. The Hall–Kier alpha value is -1.46. The molecule has 3 aliphatic heterocycles. The van der Waals surface area contributed by atoms with Crippen LogP contribution in [0.2, 0.25) is 0 Å². The fourth-order valence-electron chi connectivity index (χ4n) is 4.74. The van der Waals surface area contributed by atoms with E-state index in [-0.39, 0.29) is 0 Å². The van der Waals surface area contributed by atoms with Crippen LogP contribution >= 0.6 is 0 Å². The summed E-state index contributed by atoms with van der Waals surface area (Å²) in [5.74, 6) is 3.17. The molecule has 1 aromatic rings. The van der Waals surface area contributed by atoms with Crippen LogP contribution in [-0.4, -0.2) is 60.2 Å². The first-order valence-electron chi connectivity index (χ1n) is 10.6. The number of rotatable bonds is 4. The van der Waals surface area contributed by atoms with Crippen LogP contribution in [0.25, 0.3) is 0 Å². The van der Waals surface area contributed by atoms with E-state index in [1.807, 2.05) is 0 Å². The van der Waals surface area contributed by atoms with Gasteiger partial charge < -0.3 is 10.2 Å². The summed E-state index contributed by atoms with van der Waals surface area (Å²) in [7, 11) is 0. The minimum Gasteiger partial charge on any atom is -0.349 e. The first-order chi connectivity index (χ1) is 12.9. The molecular weight excluding hydrogens is 322 g/mol. The number of nitrogens with zero attached hydrogens (tertiary/aromatic N) is 4. The van der Waals surface area contributed by atoms with Crippen molar-refractivity contribution >= 4 is 5.82 Å². The maximum atomic E-state index is 5.07. The number of hydrogen-bond donors (Lipinski definition) is 1. The van der Waals surface area contributed by atoms with Crippen molar-refractivity contribution in [1.29, 1.82) is 0 Å². The van der Waals surface area contributed by atoms with Crippen LogP contribution in [0.3, 0.4) is 0 Å². The molecule has 2 fully saturated rings. The molecular formula is C21H31N5. The van der Waals surface area contributed by atoms with Crippen LogP contribution in [0, 0.1) is 5.92 Å². The zero-order chi connectivity index (χ0) is 17.3. The SMILES string of the molecule is C1=CCN(c2nc(CC3CC3)nc3c2CCN(C2CCCNC2)CC3)C1. The highest BCUT2D eigenvalue weighted by Gasteiger charge is 2.29. The Bertz CT molecular complexity index is 667. The first-order valence-corrected chi connectivity index (χ1v) is 10.6. The van der Waals surface area contributed by atoms with Crippen LogP contribution in [0.15, 0.2) is 12.2 Å². The maximum absolute atomic E-state index is 5.07. The predicted molar refractivity (Wildman–Crippen MR) is 105 cm³/mol. The number of nitrogens with one attached hydrogen (secondary N) is 1. The summed E-state index contributed by atoms with van der Waals surface area (Å²) in [4.78, 5) is 15.3. The number of anilines is 1. The molecule has 5 nitrogen and oxygen atoms in total. The molecule has 4 heterocycles. The van der Waals surface area contributed by atoms with Crippen LogP contribution in [0.1, 0.15) is 42.8 Å². The van der Waals surface area contributed by atoms with E-state index in [1.54, 1.807) is 0 Å². The minimum absolute atomic E-state index is 0.703. The van der Waals surface area contributed by atoms with Crippen molar-refractivity contribution < 1.29 is 0 Å². The van der Waals surface area contributed by atoms with E-state index >= 15 is 0 Å². The van der Waals surface area contributed by atoms with Crippen LogP contribution in [0.4, 0.5) is 5.82 Å². The van der Waals surface area contributed by atoms with E-state index in [0.29, 0.717) is 6.04 Å². The van der Waals surface area contributed by atoms with E-state index < -0.39 is 0 Å². The third kappa shape index (κ3) is 3.52. The minimum atomic E-state index is 0.703. The fraction of sp³-hybridized carbons (Fsp3) is 0.714. The summed E-state index contributed by atoms with van der Waals surface area (Å²) >= 11 is 0. The van der Waals surface area contributed by atoms with Crippen molar-refractivity contribution in [3.63, 3.8) is 0 Å². The van der Waals surface area contributed by atoms with Crippen LogP contribution in [0.5, 0.6) is 0 Å². The lowest BCUT2D eigenvalue weighted by molar-refractivity contribution is 0.173. The second-order valence-electron chi connectivity index (χ2n) is 8.45. The van der Waals surface area contributed by atoms with Gasteiger partial charge in [-0.1, -0.05) is 12.2 Å². The van der Waals surface area contributed by atoms with E-state index in [9.17, 15) is 0 Å². The Morgan fingerprint density at radius 1 is 1.04 bits per heavy atom. The van der Waals surface area contributed by atoms with Gasteiger partial charge in [0.15, 0.2) is 0 Å². The topological polar surface area (TPSA) is 44.3 Å². The molecule has 5 heteroatoms. The van der Waals surface area contributed by atoms with Gasteiger partial charge >= 0.3 is 0 Å². The summed E-state index contributed by atoms with van der Waals surface area (Å²) < 4.78 is 0. The zero-order valence-electron chi connectivity index (χ0n) is 15.8. The zero-order valence-corrected chi connectivity index (χ0v) is 15.8. The normalized spacial score (nSPS) is 26.8. The second kappa shape index (κ2) is 7.28. The Kier molecular flexibility index (Phi) is 4.67. The number of piperidine rings is 1. The molecule has 1 aromatic heterocycles. The van der Waals surface area contributed by atoms with Crippen LogP contribution < -0.4 is 10.2 Å². The molecule has 1 saturated carbocycles. The van der Waals surface area contributed by atoms with Crippen molar-refractivity contribution in [2.45, 2.75) is 51.0 Å². The number of aromatic nitrogens is 2. The van der Waals surface area contributed by atoms with Crippen molar-refractivity contribution in [2.75, 3.05) is 44.2 Å². The lowest BCUT2D eigenvalue weighted by atomic mass is 10.1. The van der Waals surface area contributed by atoms with Gasteiger partial charge in [-0.15, -0.1) is 0 Å². The highest BCUT2D eigenvalue weighted by atomic mass is 15.2. The maximum Gasteiger partial charge on any atom is 0.136 e. The van der Waals surface area contributed by atoms with Crippen molar-refractivity contribution in [2.24, 2.45) is 5.92 Å². The quantitative estimate of drug-likeness (QED) is 0.839. The molecule has 4 aliphatic rings. The fourth-order valence-corrected chi connectivity index (χ4v) is 4.74. The Morgan fingerprint density at radius 3 is 2.65 bits per heavy atom. The van der Waals surface area contributed by atoms with Gasteiger partial charge in [0.1, 0.15) is 11.6 Å². The lowest BCUT2D eigenvalue weighted by Gasteiger charge is -2.33. The molecule has 0 amide bonds. The number of fused-ring (bicyclic) bond motifs is 1. The molecule has 0 spiro atoms. The van der Waals surface area contributed by atoms with Gasteiger partial charge in [-0.25, -0.2) is 9.97 Å². The third-order valence-corrected chi connectivity index (χ3v) is 6.48. The summed E-state index contributed by atoms with van der Waals surface area (Å²) in [6, 6.07) is 0.703. The lowest BCUT2D eigenvalue weighted by Crippen LogP contribution is -2.46. The van der Waals surface area contributed by atoms with E-state index in [2.05, 4.69) is 27.3 Å². The summed E-state index contributed by atoms with van der Waals surface area (Å²) in [5, 5.41) is 3.58. The average Bonchev–Trinajstić information content (AvgIpc) is 3.37. The van der Waals surface area contributed by atoms with Crippen molar-refractivity contribution in [3.8, 4) is 0 Å². The van der Waals surface area contributed by atoms with Gasteiger partial charge in [-0.2, -0.15) is 0 Å². The summed E-state index contributed by atoms with van der Waals surface area (Å²) in [6.07, 6.45) is 13.2. The molecule has 0 radical (unpaired) electrons. The molecule has 0 aromatic carbocycles. The largest absolute Gasteiger partial charge is 0.349 e. The monoisotopic (exact) mass is 353 g/mol. The van der Waals surface area contributed by atoms with E-state index in [1.165, 1.54) is 49.3 Å². The van der Waals surface area contributed by atoms with Crippen molar-refractivity contribution in [1.82, 2.24) is 20.2 Å². The summed E-state index contributed by atoms with van der Waals surface area (Å²) in [5.41, 5.74) is 2.77. The molecule has 0 bridgehead atoms. The molecule has 26 heavy (non-hydrogen) atoms. The van der Waals surface area contributed by atoms with Crippen LogP contribution in [-0.2, 0) is 19.3 Å². The number of hydrogen-bond acceptors (Lipinski definition) is 5. The average molecular weight is 354 g/mol. The molecule has 1 aliphatic carbocycles. The van der Waals surface area contributed by atoms with Gasteiger partial charge in [-0.05, 0) is 44.6 Å². The smallest absolute Gasteiger partial charge is 0.136 e. The van der Waals surface area contributed by atoms with Gasteiger partial charge in [-0.3, -0.25) is 4.90 Å². The Labute approximate surface area is 156 Å². The van der Waals surface area contributed by atoms with Gasteiger partial charge in [0.05, 0.1) is 5.69 Å². The van der Waals surface area contributed by atoms with E-state index in [0.717, 1.165) is 63.7 Å². The molecule has 5 rings (SSSR count). The molecule has 1 atom stereocenters.